The number of carbonyl (C=O) groups excluding carboxylic acids is 2. The standard InChI is InChI=1S/C24H32BrN3O5S/c1-5-14-26-24(30)22(6-2)27(16-18-8-7-9-21(15-18)33-3)23(29)17-28(34(4,31)32)20-12-10-19(25)11-13-20/h7-13,15,22H,5-6,14,16-17H2,1-4H3,(H,26,30)/t22-/m1/s1. The number of carbonyl (C=O) groups is 2. The molecular formula is C24H32BrN3O5S. The molecule has 8 nitrogen and oxygen atoms in total. The lowest BCUT2D eigenvalue weighted by molar-refractivity contribution is -0.140. The van der Waals surface area contributed by atoms with Gasteiger partial charge < -0.3 is 15.0 Å². The maximum Gasteiger partial charge on any atom is 0.244 e. The Balaban J connectivity index is 2.42. The smallest absolute Gasteiger partial charge is 0.244 e. The highest BCUT2D eigenvalue weighted by Gasteiger charge is 2.31. The maximum absolute atomic E-state index is 13.6. The van der Waals surface area contributed by atoms with Crippen LogP contribution in [0.4, 0.5) is 5.69 Å². The molecule has 2 rings (SSSR count). The normalized spacial score (nSPS) is 12.0. The lowest BCUT2D eigenvalue weighted by atomic mass is 10.1. The predicted molar refractivity (Wildman–Crippen MR) is 137 cm³/mol. The van der Waals surface area contributed by atoms with Crippen molar-refractivity contribution in [2.24, 2.45) is 0 Å². The molecule has 0 radical (unpaired) electrons. The van der Waals surface area contributed by atoms with Gasteiger partial charge in [-0.25, -0.2) is 8.42 Å². The molecule has 2 aromatic rings. The van der Waals surface area contributed by atoms with Gasteiger partial charge >= 0.3 is 0 Å². The SMILES string of the molecule is CCCNC(=O)[C@@H](CC)N(Cc1cccc(OC)c1)C(=O)CN(c1ccc(Br)cc1)S(C)(=O)=O. The number of hydrogen-bond acceptors (Lipinski definition) is 5. The highest BCUT2D eigenvalue weighted by molar-refractivity contribution is 9.10. The van der Waals surface area contributed by atoms with Crippen LogP contribution in [-0.4, -0.2) is 57.6 Å². The van der Waals surface area contributed by atoms with E-state index in [1.54, 1.807) is 49.6 Å². The van der Waals surface area contributed by atoms with Gasteiger partial charge in [-0.1, -0.05) is 41.9 Å². The maximum atomic E-state index is 13.6. The highest BCUT2D eigenvalue weighted by atomic mass is 79.9. The number of amides is 2. The summed E-state index contributed by atoms with van der Waals surface area (Å²) in [5, 5.41) is 2.85. The van der Waals surface area contributed by atoms with Gasteiger partial charge in [-0.2, -0.15) is 0 Å². The molecule has 0 fully saturated rings. The third-order valence-electron chi connectivity index (χ3n) is 5.22. The lowest BCUT2D eigenvalue weighted by Gasteiger charge is -2.33. The number of rotatable bonds is 12. The summed E-state index contributed by atoms with van der Waals surface area (Å²) in [6.45, 7) is 3.96. The molecule has 1 atom stereocenters. The van der Waals surface area contributed by atoms with Crippen molar-refractivity contribution in [1.29, 1.82) is 0 Å². The van der Waals surface area contributed by atoms with E-state index in [2.05, 4.69) is 21.2 Å². The second-order valence-electron chi connectivity index (χ2n) is 7.83. The van der Waals surface area contributed by atoms with Gasteiger partial charge in [-0.15, -0.1) is 0 Å². The third kappa shape index (κ3) is 7.73. The van der Waals surface area contributed by atoms with E-state index in [0.29, 0.717) is 24.4 Å². The molecule has 0 unspecified atom stereocenters. The summed E-state index contributed by atoms with van der Waals surface area (Å²) in [5.74, 6) is -0.120. The number of sulfonamides is 1. The van der Waals surface area contributed by atoms with Crippen molar-refractivity contribution in [2.75, 3.05) is 30.8 Å². The van der Waals surface area contributed by atoms with Crippen LogP contribution < -0.4 is 14.4 Å². The minimum Gasteiger partial charge on any atom is -0.497 e. The fourth-order valence-electron chi connectivity index (χ4n) is 3.47. The second-order valence-corrected chi connectivity index (χ2v) is 10.7. The van der Waals surface area contributed by atoms with Crippen LogP contribution in [0.5, 0.6) is 5.75 Å². The Hall–Kier alpha value is -2.59. The van der Waals surface area contributed by atoms with Gasteiger partial charge in [-0.05, 0) is 54.8 Å². The quantitative estimate of drug-likeness (QED) is 0.433. The monoisotopic (exact) mass is 553 g/mol. The summed E-state index contributed by atoms with van der Waals surface area (Å²) in [4.78, 5) is 27.9. The Morgan fingerprint density at radius 3 is 2.35 bits per heavy atom. The van der Waals surface area contributed by atoms with Crippen LogP contribution >= 0.6 is 15.9 Å². The molecule has 2 aromatic carbocycles. The molecule has 0 aliphatic heterocycles. The third-order valence-corrected chi connectivity index (χ3v) is 6.89. The van der Waals surface area contributed by atoms with E-state index in [4.69, 9.17) is 4.74 Å². The number of ether oxygens (including phenoxy) is 1. The Morgan fingerprint density at radius 2 is 1.79 bits per heavy atom. The summed E-state index contributed by atoms with van der Waals surface area (Å²) in [6.07, 6.45) is 2.19. The Bertz CT molecular complexity index is 1080. The molecule has 0 heterocycles. The number of anilines is 1. The van der Waals surface area contributed by atoms with E-state index < -0.39 is 28.5 Å². The zero-order chi connectivity index (χ0) is 25.3. The van der Waals surface area contributed by atoms with E-state index in [-0.39, 0.29) is 12.5 Å². The van der Waals surface area contributed by atoms with Gasteiger partial charge in [0, 0.05) is 17.6 Å². The molecule has 0 spiro atoms. The summed E-state index contributed by atoms with van der Waals surface area (Å²) in [6, 6.07) is 13.1. The van der Waals surface area contributed by atoms with Crippen LogP contribution in [0, 0.1) is 0 Å². The molecule has 2 amide bonds. The minimum atomic E-state index is -3.76. The van der Waals surface area contributed by atoms with Gasteiger partial charge in [0.25, 0.3) is 0 Å². The first-order valence-electron chi connectivity index (χ1n) is 11.0. The Kier molecular flexibility index (Phi) is 10.4. The summed E-state index contributed by atoms with van der Waals surface area (Å²) in [7, 11) is -2.21. The summed E-state index contributed by atoms with van der Waals surface area (Å²) < 4.78 is 32.3. The van der Waals surface area contributed by atoms with Crippen molar-refractivity contribution >= 4 is 43.5 Å². The van der Waals surface area contributed by atoms with Crippen LogP contribution in [-0.2, 0) is 26.2 Å². The Labute approximate surface area is 210 Å². The topological polar surface area (TPSA) is 96.0 Å². The first-order valence-corrected chi connectivity index (χ1v) is 13.7. The molecule has 0 aromatic heterocycles. The van der Waals surface area contributed by atoms with Crippen molar-refractivity contribution in [2.45, 2.75) is 39.3 Å². The molecule has 0 bridgehead atoms. The second kappa shape index (κ2) is 12.8. The zero-order valence-corrected chi connectivity index (χ0v) is 22.4. The van der Waals surface area contributed by atoms with Crippen LogP contribution in [0.2, 0.25) is 0 Å². The van der Waals surface area contributed by atoms with E-state index in [1.165, 1.54) is 4.90 Å². The van der Waals surface area contributed by atoms with Crippen molar-refractivity contribution in [3.8, 4) is 5.75 Å². The predicted octanol–water partition coefficient (Wildman–Crippen LogP) is 3.56. The first-order chi connectivity index (χ1) is 16.1. The summed E-state index contributed by atoms with van der Waals surface area (Å²) in [5.41, 5.74) is 1.13. The van der Waals surface area contributed by atoms with Gasteiger partial charge in [-0.3, -0.25) is 13.9 Å². The fraction of sp³-hybridized carbons (Fsp3) is 0.417. The number of nitrogens with one attached hydrogen (secondary N) is 1. The molecule has 0 saturated carbocycles. The number of methoxy groups -OCH3 is 1. The van der Waals surface area contributed by atoms with Crippen molar-refractivity contribution < 1.29 is 22.7 Å². The molecule has 0 aliphatic rings. The summed E-state index contributed by atoms with van der Waals surface area (Å²) >= 11 is 3.34. The Morgan fingerprint density at radius 1 is 1.12 bits per heavy atom. The van der Waals surface area contributed by atoms with Crippen LogP contribution in [0.15, 0.2) is 53.0 Å². The first kappa shape index (κ1) is 27.7. The number of benzene rings is 2. The molecule has 186 valence electrons. The minimum absolute atomic E-state index is 0.131. The van der Waals surface area contributed by atoms with E-state index in [0.717, 1.165) is 27.0 Å². The average Bonchev–Trinajstić information content (AvgIpc) is 2.81. The van der Waals surface area contributed by atoms with Crippen molar-refractivity contribution in [3.05, 3.63) is 58.6 Å². The average molecular weight is 555 g/mol. The molecule has 1 N–H and O–H groups in total. The molecule has 34 heavy (non-hydrogen) atoms. The fourth-order valence-corrected chi connectivity index (χ4v) is 4.59. The van der Waals surface area contributed by atoms with Gasteiger partial charge in [0.05, 0.1) is 19.1 Å². The van der Waals surface area contributed by atoms with E-state index in [1.807, 2.05) is 19.9 Å². The molecule has 10 heteroatoms. The van der Waals surface area contributed by atoms with E-state index in [9.17, 15) is 18.0 Å². The van der Waals surface area contributed by atoms with Gasteiger partial charge in [0.15, 0.2) is 0 Å². The molecular weight excluding hydrogens is 522 g/mol. The largest absolute Gasteiger partial charge is 0.497 e. The molecule has 0 aliphatic carbocycles. The van der Waals surface area contributed by atoms with Crippen LogP contribution in [0.3, 0.4) is 0 Å². The van der Waals surface area contributed by atoms with Gasteiger partial charge in [0.2, 0.25) is 21.8 Å². The molecule has 0 saturated heterocycles. The van der Waals surface area contributed by atoms with Crippen molar-refractivity contribution in [1.82, 2.24) is 10.2 Å². The number of nitrogens with zero attached hydrogens (tertiary/aromatic N) is 2. The van der Waals surface area contributed by atoms with Gasteiger partial charge in [0.1, 0.15) is 18.3 Å². The zero-order valence-electron chi connectivity index (χ0n) is 20.0. The van der Waals surface area contributed by atoms with Crippen LogP contribution in [0.1, 0.15) is 32.3 Å². The van der Waals surface area contributed by atoms with Crippen molar-refractivity contribution in [3.63, 3.8) is 0 Å². The number of halogens is 1. The lowest BCUT2D eigenvalue weighted by Crippen LogP contribution is -2.52. The van der Waals surface area contributed by atoms with Crippen LogP contribution in [0.25, 0.3) is 0 Å². The highest BCUT2D eigenvalue weighted by Crippen LogP contribution is 2.22. The number of hydrogen-bond donors (Lipinski definition) is 1. The van der Waals surface area contributed by atoms with E-state index >= 15 is 0 Å².